The summed E-state index contributed by atoms with van der Waals surface area (Å²) in [4.78, 5) is 13.6. The number of hydrogen-bond acceptors (Lipinski definition) is 3. The zero-order valence-electron chi connectivity index (χ0n) is 16.5. The first-order valence-corrected chi connectivity index (χ1v) is 11.7. The van der Waals surface area contributed by atoms with Crippen molar-refractivity contribution in [1.29, 1.82) is 0 Å². The Bertz CT molecular complexity index is 1120. The number of benzene rings is 2. The molecule has 0 bridgehead atoms. The molecule has 5 nitrogen and oxygen atoms in total. The van der Waals surface area contributed by atoms with Crippen molar-refractivity contribution in [2.45, 2.75) is 43.8 Å². The fourth-order valence-corrected chi connectivity index (χ4v) is 4.86. The van der Waals surface area contributed by atoms with Gasteiger partial charge in [-0.15, -0.1) is 0 Å². The second-order valence-electron chi connectivity index (χ2n) is 7.67. The van der Waals surface area contributed by atoms with Gasteiger partial charge in [0.1, 0.15) is 0 Å². The first kappa shape index (κ1) is 21.0. The molecule has 2 aromatic carbocycles. The Morgan fingerprint density at radius 1 is 1.10 bits per heavy atom. The summed E-state index contributed by atoms with van der Waals surface area (Å²) in [5.74, 6) is 0.281. The minimum absolute atomic E-state index is 0.0877. The van der Waals surface area contributed by atoms with Crippen molar-refractivity contribution in [3.05, 3.63) is 81.2 Å². The van der Waals surface area contributed by atoms with E-state index in [1.807, 2.05) is 36.4 Å². The van der Waals surface area contributed by atoms with E-state index in [1.54, 1.807) is 18.3 Å². The molecule has 4 rings (SSSR count). The Balaban J connectivity index is 1.83. The minimum Gasteiger partial charge on any atom is -0.306 e. The molecule has 1 heterocycles. The maximum atomic E-state index is 13.6. The van der Waals surface area contributed by atoms with E-state index in [0.29, 0.717) is 10.7 Å². The molecule has 1 unspecified atom stereocenters. The van der Waals surface area contributed by atoms with Crippen molar-refractivity contribution in [1.82, 2.24) is 9.78 Å². The molecule has 1 aliphatic carbocycles. The van der Waals surface area contributed by atoms with E-state index in [9.17, 15) is 9.00 Å². The summed E-state index contributed by atoms with van der Waals surface area (Å²) in [5, 5.41) is 5.01. The van der Waals surface area contributed by atoms with Crippen LogP contribution in [0.4, 0.5) is 0 Å². The maximum absolute atomic E-state index is 13.6. The van der Waals surface area contributed by atoms with Crippen molar-refractivity contribution in [2.75, 3.05) is 0 Å². The summed E-state index contributed by atoms with van der Waals surface area (Å²) >= 11 is 4.25. The topological polar surface area (TPSA) is 72.2 Å². The molecular formula is C23H23ClN2O3S. The summed E-state index contributed by atoms with van der Waals surface area (Å²) in [6.45, 7) is 0. The Morgan fingerprint density at radius 2 is 1.83 bits per heavy atom. The van der Waals surface area contributed by atoms with Gasteiger partial charge in [-0.2, -0.15) is 9.78 Å². The second-order valence-corrected chi connectivity index (χ2v) is 9.03. The molecule has 1 atom stereocenters. The lowest BCUT2D eigenvalue weighted by molar-refractivity contribution is 0.439. The van der Waals surface area contributed by atoms with Gasteiger partial charge in [0.05, 0.1) is 17.6 Å². The van der Waals surface area contributed by atoms with E-state index in [0.717, 1.165) is 47.9 Å². The van der Waals surface area contributed by atoms with Crippen molar-refractivity contribution >= 4 is 22.7 Å². The van der Waals surface area contributed by atoms with Crippen LogP contribution in [0, 0.1) is 0 Å². The van der Waals surface area contributed by atoms with Gasteiger partial charge in [0.15, 0.2) is 11.1 Å². The fraction of sp³-hybridized carbons (Fsp3) is 0.304. The van der Waals surface area contributed by atoms with Crippen LogP contribution in [0.5, 0.6) is 0 Å². The average molecular weight is 443 g/mol. The van der Waals surface area contributed by atoms with E-state index in [1.165, 1.54) is 11.1 Å². The molecule has 30 heavy (non-hydrogen) atoms. The summed E-state index contributed by atoms with van der Waals surface area (Å²) in [5.41, 5.74) is 3.84. The molecule has 3 aromatic rings. The number of halogens is 1. The lowest BCUT2D eigenvalue weighted by Crippen LogP contribution is -2.28. The molecule has 1 aliphatic rings. The molecule has 0 radical (unpaired) electrons. The van der Waals surface area contributed by atoms with Crippen molar-refractivity contribution in [3.8, 4) is 16.8 Å². The van der Waals surface area contributed by atoms with Crippen LogP contribution in [0.1, 0.15) is 49.1 Å². The number of hydrogen-bond donors (Lipinski definition) is 1. The highest BCUT2D eigenvalue weighted by Gasteiger charge is 2.24. The van der Waals surface area contributed by atoms with Crippen LogP contribution in [0.15, 0.2) is 59.5 Å². The summed E-state index contributed by atoms with van der Waals surface area (Å²) < 4.78 is 21.6. The Hall–Kier alpha value is -2.28. The Labute approximate surface area is 183 Å². The Kier molecular flexibility index (Phi) is 6.46. The predicted octanol–water partition coefficient (Wildman–Crippen LogP) is 5.32. The highest BCUT2D eigenvalue weighted by Crippen LogP contribution is 2.36. The minimum atomic E-state index is -1.88. The van der Waals surface area contributed by atoms with Crippen molar-refractivity contribution in [3.63, 3.8) is 0 Å². The van der Waals surface area contributed by atoms with Crippen LogP contribution in [0.3, 0.4) is 0 Å². The summed E-state index contributed by atoms with van der Waals surface area (Å²) in [6, 6.07) is 14.6. The third-order valence-corrected chi connectivity index (χ3v) is 6.45. The van der Waals surface area contributed by atoms with Crippen LogP contribution in [-0.4, -0.2) is 18.5 Å². The standard InChI is InChI=1S/C23H23ClN2O3S/c24-19-7-4-8-20(13-19)26-23(27)22(18-5-2-1-3-6-18)21(14-25-26)17-11-9-16(10-12-17)15-30(28)29/h4,7-14,18H,1-3,5-6,15H2,(H,28,29). The number of nitrogens with zero attached hydrogens (tertiary/aromatic N) is 2. The lowest BCUT2D eigenvalue weighted by Gasteiger charge is -2.24. The van der Waals surface area contributed by atoms with E-state index >= 15 is 0 Å². The van der Waals surface area contributed by atoms with E-state index in [-0.39, 0.29) is 17.2 Å². The molecule has 0 aliphatic heterocycles. The monoisotopic (exact) mass is 442 g/mol. The van der Waals surface area contributed by atoms with E-state index in [2.05, 4.69) is 5.10 Å². The van der Waals surface area contributed by atoms with Crippen LogP contribution >= 0.6 is 11.6 Å². The van der Waals surface area contributed by atoms with Gasteiger partial charge in [0.25, 0.3) is 5.56 Å². The zero-order chi connectivity index (χ0) is 21.1. The van der Waals surface area contributed by atoms with Gasteiger partial charge in [-0.05, 0) is 48.1 Å². The lowest BCUT2D eigenvalue weighted by atomic mass is 9.82. The van der Waals surface area contributed by atoms with Crippen LogP contribution in [-0.2, 0) is 16.8 Å². The van der Waals surface area contributed by atoms with Crippen LogP contribution in [0.25, 0.3) is 16.8 Å². The molecule has 1 fully saturated rings. The van der Waals surface area contributed by atoms with Gasteiger partial charge in [-0.1, -0.05) is 61.2 Å². The van der Waals surface area contributed by atoms with Crippen LogP contribution in [0.2, 0.25) is 5.02 Å². The molecule has 7 heteroatoms. The largest absolute Gasteiger partial charge is 0.306 e. The van der Waals surface area contributed by atoms with Gasteiger partial charge in [-0.25, -0.2) is 4.21 Å². The SMILES string of the molecule is O=c1c(C2CCCCC2)c(-c2ccc(CS(=O)O)cc2)cnn1-c1cccc(Cl)c1. The molecule has 1 N–H and O–H groups in total. The molecule has 1 aromatic heterocycles. The van der Waals surface area contributed by atoms with Gasteiger partial charge in [0, 0.05) is 16.1 Å². The number of aromatic nitrogens is 2. The van der Waals surface area contributed by atoms with Gasteiger partial charge in [0.2, 0.25) is 0 Å². The van der Waals surface area contributed by atoms with E-state index < -0.39 is 11.1 Å². The first-order valence-electron chi connectivity index (χ1n) is 10.1. The van der Waals surface area contributed by atoms with Gasteiger partial charge < -0.3 is 4.55 Å². The van der Waals surface area contributed by atoms with Gasteiger partial charge in [-0.3, -0.25) is 4.79 Å². The predicted molar refractivity (Wildman–Crippen MR) is 121 cm³/mol. The average Bonchev–Trinajstić information content (AvgIpc) is 2.74. The third kappa shape index (κ3) is 4.56. The summed E-state index contributed by atoms with van der Waals surface area (Å²) in [7, 11) is 0. The molecule has 0 spiro atoms. The first-order chi connectivity index (χ1) is 14.5. The third-order valence-electron chi connectivity index (χ3n) is 5.64. The quantitative estimate of drug-likeness (QED) is 0.542. The van der Waals surface area contributed by atoms with Crippen molar-refractivity contribution in [2.24, 2.45) is 0 Å². The fourth-order valence-electron chi connectivity index (χ4n) is 4.20. The molecule has 0 amide bonds. The highest BCUT2D eigenvalue weighted by atomic mass is 35.5. The zero-order valence-corrected chi connectivity index (χ0v) is 18.0. The smallest absolute Gasteiger partial charge is 0.275 e. The van der Waals surface area contributed by atoms with Gasteiger partial charge >= 0.3 is 0 Å². The summed E-state index contributed by atoms with van der Waals surface area (Å²) in [6.07, 6.45) is 7.17. The molecule has 156 valence electrons. The highest BCUT2D eigenvalue weighted by molar-refractivity contribution is 7.78. The molecule has 0 saturated heterocycles. The van der Waals surface area contributed by atoms with Crippen LogP contribution < -0.4 is 5.56 Å². The molecular weight excluding hydrogens is 420 g/mol. The Morgan fingerprint density at radius 3 is 2.50 bits per heavy atom. The maximum Gasteiger partial charge on any atom is 0.275 e. The second kappa shape index (κ2) is 9.25. The molecule has 1 saturated carbocycles. The van der Waals surface area contributed by atoms with E-state index in [4.69, 9.17) is 16.2 Å². The normalized spacial score (nSPS) is 15.8. The number of rotatable bonds is 5. The van der Waals surface area contributed by atoms with Crippen molar-refractivity contribution < 1.29 is 8.76 Å².